The highest BCUT2D eigenvalue weighted by atomic mass is 16.3. The summed E-state index contributed by atoms with van der Waals surface area (Å²) in [7, 11) is 0. The molecule has 0 bridgehead atoms. The van der Waals surface area contributed by atoms with Crippen LogP contribution in [0.15, 0.2) is 29.3 Å². The normalized spacial score (nSPS) is 22.8. The van der Waals surface area contributed by atoms with Crippen LogP contribution < -0.4 is 10.5 Å². The van der Waals surface area contributed by atoms with Gasteiger partial charge < -0.3 is 20.0 Å². The van der Waals surface area contributed by atoms with Crippen molar-refractivity contribution in [3.8, 4) is 0 Å². The number of aliphatic hydroxyl groups is 2. The summed E-state index contributed by atoms with van der Waals surface area (Å²) in [6, 6.07) is 5.71. The zero-order valence-corrected chi connectivity index (χ0v) is 18.7. The zero-order valence-electron chi connectivity index (χ0n) is 18.7. The van der Waals surface area contributed by atoms with Gasteiger partial charge >= 0.3 is 0 Å². The van der Waals surface area contributed by atoms with Gasteiger partial charge in [0.25, 0.3) is 5.56 Å². The third kappa shape index (κ3) is 4.95. The highest BCUT2D eigenvalue weighted by Crippen LogP contribution is 2.25. The second kappa shape index (κ2) is 9.56. The average molecular weight is 444 g/mol. The number of likely N-dealkylation sites (tertiary alicyclic amines) is 1. The minimum absolute atomic E-state index is 0.0307. The van der Waals surface area contributed by atoms with Crippen molar-refractivity contribution in [1.82, 2.24) is 19.4 Å². The van der Waals surface area contributed by atoms with Crippen molar-refractivity contribution in [2.75, 3.05) is 57.3 Å². The molecule has 9 nitrogen and oxygen atoms in total. The minimum atomic E-state index is -0.855. The average Bonchev–Trinajstić information content (AvgIpc) is 2.98. The van der Waals surface area contributed by atoms with E-state index in [-0.39, 0.29) is 24.6 Å². The molecule has 3 heterocycles. The quantitative estimate of drug-likeness (QED) is 0.684. The molecule has 2 saturated heterocycles. The first-order chi connectivity index (χ1) is 15.4. The summed E-state index contributed by atoms with van der Waals surface area (Å²) >= 11 is 0. The highest BCUT2D eigenvalue weighted by molar-refractivity contribution is 5.81. The number of aliphatic hydroxyl groups excluding tert-OH is 1. The molecule has 2 N–H and O–H groups in total. The molecule has 4 rings (SSSR count). The van der Waals surface area contributed by atoms with Gasteiger partial charge in [-0.2, -0.15) is 0 Å². The van der Waals surface area contributed by atoms with Crippen molar-refractivity contribution in [3.05, 3.63) is 34.9 Å². The van der Waals surface area contributed by atoms with Gasteiger partial charge in [0.15, 0.2) is 0 Å². The van der Waals surface area contributed by atoms with E-state index in [1.807, 2.05) is 18.2 Å². The van der Waals surface area contributed by atoms with Crippen LogP contribution in [0.25, 0.3) is 10.9 Å². The Labute approximate surface area is 187 Å². The van der Waals surface area contributed by atoms with E-state index in [1.54, 1.807) is 11.8 Å². The number of nitrogens with zero attached hydrogens (tertiary/aromatic N) is 5. The summed E-state index contributed by atoms with van der Waals surface area (Å²) in [6.07, 6.45) is 4.09. The molecule has 9 heteroatoms. The van der Waals surface area contributed by atoms with Gasteiger partial charge in [-0.05, 0) is 37.5 Å². The van der Waals surface area contributed by atoms with Crippen LogP contribution in [0.5, 0.6) is 0 Å². The molecule has 2 fully saturated rings. The Bertz CT molecular complexity index is 1020. The number of fused-ring (bicyclic) bond motifs is 1. The van der Waals surface area contributed by atoms with Gasteiger partial charge in [-0.25, -0.2) is 4.98 Å². The number of benzene rings is 1. The number of carbonyl (C=O) groups is 1. The Morgan fingerprint density at radius 1 is 1.16 bits per heavy atom. The molecule has 0 saturated carbocycles. The number of rotatable bonds is 5. The molecule has 32 heavy (non-hydrogen) atoms. The lowest BCUT2D eigenvalue weighted by Gasteiger charge is -2.41. The maximum atomic E-state index is 12.5. The Balaban J connectivity index is 1.40. The molecule has 1 atom stereocenters. The Morgan fingerprint density at radius 3 is 2.66 bits per heavy atom. The fourth-order valence-electron chi connectivity index (χ4n) is 4.86. The Kier molecular flexibility index (Phi) is 6.78. The maximum Gasteiger partial charge on any atom is 0.261 e. The summed E-state index contributed by atoms with van der Waals surface area (Å²) in [4.78, 5) is 35.1. The minimum Gasteiger partial charge on any atom is -0.395 e. The van der Waals surface area contributed by atoms with E-state index in [1.165, 1.54) is 10.9 Å². The molecule has 0 radical (unpaired) electrons. The van der Waals surface area contributed by atoms with Crippen LogP contribution in [0.4, 0.5) is 5.69 Å². The van der Waals surface area contributed by atoms with E-state index in [0.717, 1.165) is 57.7 Å². The molecule has 2 aromatic rings. The van der Waals surface area contributed by atoms with Gasteiger partial charge in [0, 0.05) is 51.9 Å². The first-order valence-electron chi connectivity index (χ1n) is 11.4. The maximum absolute atomic E-state index is 12.5. The Hall–Kier alpha value is -2.49. The molecule has 1 aromatic carbocycles. The second-order valence-electron chi connectivity index (χ2n) is 9.05. The van der Waals surface area contributed by atoms with Gasteiger partial charge in [-0.1, -0.05) is 0 Å². The number of hydrogen-bond donors (Lipinski definition) is 2. The van der Waals surface area contributed by atoms with E-state index >= 15 is 0 Å². The third-order valence-corrected chi connectivity index (χ3v) is 6.66. The molecule has 1 unspecified atom stereocenters. The van der Waals surface area contributed by atoms with Crippen LogP contribution in [0, 0.1) is 0 Å². The summed E-state index contributed by atoms with van der Waals surface area (Å²) in [6.45, 7) is 6.72. The van der Waals surface area contributed by atoms with E-state index in [2.05, 4.69) is 14.8 Å². The van der Waals surface area contributed by atoms with E-state index in [9.17, 15) is 14.7 Å². The lowest BCUT2D eigenvalue weighted by Crippen LogP contribution is -2.55. The lowest BCUT2D eigenvalue weighted by atomic mass is 9.96. The van der Waals surface area contributed by atoms with Crippen molar-refractivity contribution < 1.29 is 15.0 Å². The van der Waals surface area contributed by atoms with Crippen LogP contribution >= 0.6 is 0 Å². The zero-order chi connectivity index (χ0) is 22.7. The monoisotopic (exact) mass is 443 g/mol. The summed E-state index contributed by atoms with van der Waals surface area (Å²) in [5.41, 5.74) is 0.684. The van der Waals surface area contributed by atoms with Crippen LogP contribution in [0.1, 0.15) is 26.2 Å². The number of aromatic nitrogens is 2. The predicted octanol–water partition coefficient (Wildman–Crippen LogP) is 0.274. The fourth-order valence-corrected chi connectivity index (χ4v) is 4.86. The fraction of sp³-hybridized carbons (Fsp3) is 0.609. The van der Waals surface area contributed by atoms with Crippen molar-refractivity contribution in [2.45, 2.75) is 38.3 Å². The molecule has 174 valence electrons. The molecule has 0 aliphatic carbocycles. The van der Waals surface area contributed by atoms with E-state index in [0.29, 0.717) is 24.0 Å². The molecular formula is C23H33N5O4. The number of carbonyl (C=O) groups excluding carboxylic acids is 1. The number of β-amino-alcohol motifs (C(OH)–C–C–N with tert-alkyl or cyclic N) is 1. The summed E-state index contributed by atoms with van der Waals surface area (Å²) in [5.74, 6) is 0.0307. The summed E-state index contributed by atoms with van der Waals surface area (Å²) < 4.78 is 1.42. The number of piperazine rings is 1. The van der Waals surface area contributed by atoms with Crippen molar-refractivity contribution >= 4 is 22.5 Å². The smallest absolute Gasteiger partial charge is 0.261 e. The molecule has 1 aromatic heterocycles. The molecule has 1 amide bonds. The van der Waals surface area contributed by atoms with Gasteiger partial charge in [0.1, 0.15) is 0 Å². The van der Waals surface area contributed by atoms with Crippen LogP contribution in [-0.4, -0.2) is 93.5 Å². The van der Waals surface area contributed by atoms with Crippen molar-refractivity contribution in [1.29, 1.82) is 0 Å². The highest BCUT2D eigenvalue weighted by Gasteiger charge is 2.35. The molecule has 0 spiro atoms. The standard InChI is InChI=1S/C23H33N5O4/c1-18(30)27-7-3-2-6-23(32,16-27)15-25-8-10-26(11-9-25)19-4-5-20-21(14-19)24-17-28(12-13-29)22(20)31/h4-5,14,17,29,32H,2-3,6-13,15-16H2,1H3. The molecule has 2 aliphatic heterocycles. The number of amides is 1. The summed E-state index contributed by atoms with van der Waals surface area (Å²) in [5, 5.41) is 20.8. The SMILES string of the molecule is CC(=O)N1CCCCC(O)(CN2CCN(c3ccc4c(=O)n(CCO)cnc4c3)CC2)C1. The first kappa shape index (κ1) is 22.7. The molecule has 2 aliphatic rings. The Morgan fingerprint density at radius 2 is 1.94 bits per heavy atom. The third-order valence-electron chi connectivity index (χ3n) is 6.66. The molecular weight excluding hydrogens is 410 g/mol. The van der Waals surface area contributed by atoms with Gasteiger partial charge in [0.05, 0.1) is 42.5 Å². The largest absolute Gasteiger partial charge is 0.395 e. The van der Waals surface area contributed by atoms with E-state index < -0.39 is 5.60 Å². The van der Waals surface area contributed by atoms with Crippen molar-refractivity contribution in [2.24, 2.45) is 0 Å². The van der Waals surface area contributed by atoms with Gasteiger partial charge in [-0.3, -0.25) is 19.1 Å². The van der Waals surface area contributed by atoms with Crippen molar-refractivity contribution in [3.63, 3.8) is 0 Å². The van der Waals surface area contributed by atoms with Crippen LogP contribution in [0.3, 0.4) is 0 Å². The topological polar surface area (TPSA) is 102 Å². The van der Waals surface area contributed by atoms with Gasteiger partial charge in [0.2, 0.25) is 5.91 Å². The van der Waals surface area contributed by atoms with Crippen LogP contribution in [-0.2, 0) is 11.3 Å². The lowest BCUT2D eigenvalue weighted by molar-refractivity contribution is -0.132. The number of hydrogen-bond acceptors (Lipinski definition) is 7. The van der Waals surface area contributed by atoms with Crippen LogP contribution in [0.2, 0.25) is 0 Å². The predicted molar refractivity (Wildman–Crippen MR) is 123 cm³/mol. The second-order valence-corrected chi connectivity index (χ2v) is 9.05. The van der Waals surface area contributed by atoms with Gasteiger partial charge in [-0.15, -0.1) is 0 Å². The first-order valence-corrected chi connectivity index (χ1v) is 11.4. The number of anilines is 1. The van der Waals surface area contributed by atoms with E-state index in [4.69, 9.17) is 5.11 Å².